The molecule has 1 aromatic carbocycles. The Balaban J connectivity index is 1.96. The van der Waals surface area contributed by atoms with Crippen LogP contribution in [0.3, 0.4) is 0 Å². The van der Waals surface area contributed by atoms with Gasteiger partial charge in [0, 0.05) is 11.4 Å². The zero-order valence-corrected chi connectivity index (χ0v) is 12.1. The normalized spacial score (nSPS) is 11.2. The Morgan fingerprint density at radius 1 is 1.26 bits per heavy atom. The molecule has 102 valence electrons. The Morgan fingerprint density at radius 2 is 2.00 bits per heavy atom. The van der Waals surface area contributed by atoms with Crippen molar-refractivity contribution in [1.29, 1.82) is 0 Å². The minimum Gasteiger partial charge on any atom is -0.392 e. The number of rotatable bonds is 6. The van der Waals surface area contributed by atoms with E-state index in [1.54, 1.807) is 18.1 Å². The Labute approximate surface area is 117 Å². The number of thioether (sulfide) groups is 1. The Hall–Kier alpha value is -1.33. The van der Waals surface area contributed by atoms with Gasteiger partial charge in [-0.05, 0) is 23.6 Å². The van der Waals surface area contributed by atoms with E-state index in [1.807, 2.05) is 28.9 Å². The lowest BCUT2D eigenvalue weighted by Crippen LogP contribution is -2.09. The smallest absolute Gasteiger partial charge is 0.138 e. The van der Waals surface area contributed by atoms with Gasteiger partial charge in [0.2, 0.25) is 0 Å². The summed E-state index contributed by atoms with van der Waals surface area (Å²) in [7, 11) is 0. The number of nitrogens with zero attached hydrogens (tertiary/aromatic N) is 3. The van der Waals surface area contributed by atoms with Gasteiger partial charge in [-0.3, -0.25) is 0 Å². The summed E-state index contributed by atoms with van der Waals surface area (Å²) >= 11 is 1.73. The average molecular weight is 277 g/mol. The Kier molecular flexibility index (Phi) is 4.99. The second kappa shape index (κ2) is 6.73. The van der Waals surface area contributed by atoms with E-state index in [-0.39, 0.29) is 6.61 Å². The van der Waals surface area contributed by atoms with Crippen molar-refractivity contribution in [2.45, 2.75) is 37.6 Å². The summed E-state index contributed by atoms with van der Waals surface area (Å²) < 4.78 is 1.97. The van der Waals surface area contributed by atoms with Gasteiger partial charge in [0.15, 0.2) is 0 Å². The first-order valence-electron chi connectivity index (χ1n) is 6.38. The van der Waals surface area contributed by atoms with Gasteiger partial charge < -0.3 is 5.11 Å². The highest BCUT2D eigenvalue weighted by molar-refractivity contribution is 7.98. The molecular weight excluding hydrogens is 258 g/mol. The van der Waals surface area contributed by atoms with E-state index in [0.29, 0.717) is 5.92 Å². The molecule has 0 saturated heterocycles. The van der Waals surface area contributed by atoms with Gasteiger partial charge in [0.1, 0.15) is 12.2 Å². The minimum atomic E-state index is 0.0909. The van der Waals surface area contributed by atoms with Crippen LogP contribution >= 0.6 is 11.8 Å². The molecule has 1 aromatic heterocycles. The third kappa shape index (κ3) is 4.08. The third-order valence-electron chi connectivity index (χ3n) is 2.71. The van der Waals surface area contributed by atoms with Crippen molar-refractivity contribution in [2.75, 3.05) is 0 Å². The van der Waals surface area contributed by atoms with E-state index in [4.69, 9.17) is 5.11 Å². The predicted molar refractivity (Wildman–Crippen MR) is 76.8 cm³/mol. The lowest BCUT2D eigenvalue weighted by atomic mass is 10.2. The van der Waals surface area contributed by atoms with Crippen LogP contribution in [0.1, 0.15) is 25.2 Å². The van der Waals surface area contributed by atoms with Gasteiger partial charge in [-0.2, -0.15) is 5.10 Å². The van der Waals surface area contributed by atoms with Crippen molar-refractivity contribution in [3.05, 3.63) is 42.0 Å². The van der Waals surface area contributed by atoms with Crippen LogP contribution in [0.5, 0.6) is 0 Å². The van der Waals surface area contributed by atoms with Crippen LogP contribution in [0.4, 0.5) is 0 Å². The monoisotopic (exact) mass is 277 g/mol. The highest BCUT2D eigenvalue weighted by Crippen LogP contribution is 2.22. The summed E-state index contributed by atoms with van der Waals surface area (Å²) in [5, 5.41) is 13.3. The summed E-state index contributed by atoms with van der Waals surface area (Å²) in [5.41, 5.74) is 0.937. The number of hydrogen-bond acceptors (Lipinski definition) is 4. The topological polar surface area (TPSA) is 50.9 Å². The summed E-state index contributed by atoms with van der Waals surface area (Å²) in [6.45, 7) is 5.34. The Bertz CT molecular complexity index is 508. The van der Waals surface area contributed by atoms with Crippen LogP contribution in [0.25, 0.3) is 0 Å². The summed E-state index contributed by atoms with van der Waals surface area (Å²) in [6.07, 6.45) is 1.62. The molecule has 19 heavy (non-hydrogen) atoms. The van der Waals surface area contributed by atoms with Crippen LogP contribution in [0.2, 0.25) is 0 Å². The molecule has 0 bridgehead atoms. The fourth-order valence-corrected chi connectivity index (χ4v) is 2.59. The van der Waals surface area contributed by atoms with Gasteiger partial charge in [-0.1, -0.05) is 26.0 Å². The zero-order chi connectivity index (χ0) is 13.7. The largest absolute Gasteiger partial charge is 0.392 e. The summed E-state index contributed by atoms with van der Waals surface area (Å²) in [4.78, 5) is 5.49. The molecule has 0 saturated carbocycles. The number of aliphatic hydroxyl groups excluding tert-OH is 1. The van der Waals surface area contributed by atoms with E-state index in [0.717, 1.165) is 23.7 Å². The molecule has 0 aliphatic heterocycles. The van der Waals surface area contributed by atoms with Gasteiger partial charge in [-0.25, -0.2) is 9.67 Å². The van der Waals surface area contributed by atoms with Crippen molar-refractivity contribution in [3.63, 3.8) is 0 Å². The number of hydrogen-bond donors (Lipinski definition) is 1. The molecule has 0 fully saturated rings. The van der Waals surface area contributed by atoms with Crippen molar-refractivity contribution >= 4 is 11.8 Å². The van der Waals surface area contributed by atoms with Crippen LogP contribution < -0.4 is 0 Å². The van der Waals surface area contributed by atoms with Crippen molar-refractivity contribution in [3.8, 4) is 0 Å². The summed E-state index contributed by atoms with van der Waals surface area (Å²) in [5.74, 6) is 2.38. The van der Waals surface area contributed by atoms with Crippen LogP contribution in [0.15, 0.2) is 35.5 Å². The number of aromatic nitrogens is 3. The van der Waals surface area contributed by atoms with Gasteiger partial charge in [-0.15, -0.1) is 11.8 Å². The van der Waals surface area contributed by atoms with E-state index in [2.05, 4.69) is 23.9 Å². The van der Waals surface area contributed by atoms with E-state index in [9.17, 15) is 0 Å². The molecule has 0 unspecified atom stereocenters. The zero-order valence-electron chi connectivity index (χ0n) is 11.3. The second-order valence-electron chi connectivity index (χ2n) is 4.84. The average Bonchev–Trinajstić information content (AvgIpc) is 2.83. The number of aliphatic hydroxyl groups is 1. The van der Waals surface area contributed by atoms with Crippen LogP contribution in [-0.4, -0.2) is 19.9 Å². The third-order valence-corrected chi connectivity index (χ3v) is 3.72. The fourth-order valence-electron chi connectivity index (χ4n) is 1.74. The molecule has 0 aliphatic rings. The van der Waals surface area contributed by atoms with Gasteiger partial charge in [0.05, 0.1) is 12.4 Å². The van der Waals surface area contributed by atoms with E-state index < -0.39 is 0 Å². The molecule has 1 N–H and O–H groups in total. The highest BCUT2D eigenvalue weighted by Gasteiger charge is 2.06. The van der Waals surface area contributed by atoms with E-state index in [1.165, 1.54) is 4.90 Å². The first kappa shape index (κ1) is 14.1. The first-order chi connectivity index (χ1) is 9.19. The predicted octanol–water partition coefficient (Wildman–Crippen LogP) is 2.72. The maximum absolute atomic E-state index is 9.00. The van der Waals surface area contributed by atoms with E-state index >= 15 is 0 Å². The molecule has 0 spiro atoms. The standard InChI is InChI=1S/C14H19N3OS/c1-11(2)7-17-14(15-10-16-17)9-19-13-5-3-12(8-18)4-6-13/h3-6,10-11,18H,7-9H2,1-2H3. The summed E-state index contributed by atoms with van der Waals surface area (Å²) in [6, 6.07) is 7.95. The molecule has 0 radical (unpaired) electrons. The van der Waals surface area contributed by atoms with Crippen molar-refractivity contribution in [1.82, 2.24) is 14.8 Å². The molecule has 2 aromatic rings. The maximum Gasteiger partial charge on any atom is 0.138 e. The SMILES string of the molecule is CC(C)Cn1ncnc1CSc1ccc(CO)cc1. The van der Waals surface area contributed by atoms with Crippen LogP contribution in [-0.2, 0) is 18.9 Å². The lowest BCUT2D eigenvalue weighted by molar-refractivity contribution is 0.282. The highest BCUT2D eigenvalue weighted by atomic mass is 32.2. The van der Waals surface area contributed by atoms with Crippen LogP contribution in [0, 0.1) is 5.92 Å². The first-order valence-corrected chi connectivity index (χ1v) is 7.37. The Morgan fingerprint density at radius 3 is 2.63 bits per heavy atom. The molecule has 2 rings (SSSR count). The van der Waals surface area contributed by atoms with Crippen molar-refractivity contribution in [2.24, 2.45) is 5.92 Å². The molecule has 5 heteroatoms. The molecular formula is C14H19N3OS. The number of benzene rings is 1. The van der Waals surface area contributed by atoms with Crippen molar-refractivity contribution < 1.29 is 5.11 Å². The molecule has 1 heterocycles. The minimum absolute atomic E-state index is 0.0909. The lowest BCUT2D eigenvalue weighted by Gasteiger charge is -2.08. The quantitative estimate of drug-likeness (QED) is 0.825. The molecule has 0 amide bonds. The second-order valence-corrected chi connectivity index (χ2v) is 5.89. The molecule has 4 nitrogen and oxygen atoms in total. The van der Waals surface area contributed by atoms with Gasteiger partial charge in [0.25, 0.3) is 0 Å². The van der Waals surface area contributed by atoms with Gasteiger partial charge >= 0.3 is 0 Å². The molecule has 0 atom stereocenters. The fraction of sp³-hybridized carbons (Fsp3) is 0.429. The molecule has 0 aliphatic carbocycles. The maximum atomic E-state index is 9.00.